The highest BCUT2D eigenvalue weighted by atomic mass is 19.1. The van der Waals surface area contributed by atoms with Crippen molar-refractivity contribution in [2.75, 3.05) is 37.6 Å². The molecule has 0 bridgehead atoms. The topological polar surface area (TPSA) is 69.6 Å². The number of piperazine rings is 1. The van der Waals surface area contributed by atoms with Crippen molar-refractivity contribution in [3.8, 4) is 0 Å². The Morgan fingerprint density at radius 3 is 2.43 bits per heavy atom. The Morgan fingerprint density at radius 2 is 1.75 bits per heavy atom. The molecule has 0 aliphatic carbocycles. The predicted molar refractivity (Wildman–Crippen MR) is 101 cm³/mol. The van der Waals surface area contributed by atoms with E-state index >= 15 is 0 Å². The fourth-order valence-corrected chi connectivity index (χ4v) is 3.74. The third-order valence-corrected chi connectivity index (χ3v) is 5.28. The lowest BCUT2D eigenvalue weighted by Crippen LogP contribution is -2.51. The number of carbonyl (C=O) groups is 2. The molecule has 1 unspecified atom stereocenters. The van der Waals surface area contributed by atoms with Gasteiger partial charge >= 0.3 is 0 Å². The molecule has 3 heterocycles. The van der Waals surface area contributed by atoms with Crippen LogP contribution in [0.3, 0.4) is 0 Å². The molecule has 2 fully saturated rings. The van der Waals surface area contributed by atoms with Crippen LogP contribution in [-0.2, 0) is 16.1 Å². The molecule has 1 atom stereocenters. The molecule has 2 saturated heterocycles. The smallest absolute Gasteiger partial charge is 0.228 e. The maximum absolute atomic E-state index is 13.0. The van der Waals surface area contributed by atoms with Crippen LogP contribution in [-0.4, -0.2) is 64.3 Å². The van der Waals surface area contributed by atoms with Crippen molar-refractivity contribution in [2.24, 2.45) is 5.92 Å². The Bertz CT molecular complexity index is 837. The van der Waals surface area contributed by atoms with Crippen molar-refractivity contribution in [1.29, 1.82) is 0 Å². The van der Waals surface area contributed by atoms with Crippen LogP contribution >= 0.6 is 0 Å². The SMILES string of the molecule is O=C1CC(C(=O)N2CCN(c3ncccn3)CC2)CN1Cc1ccc(F)cc1. The summed E-state index contributed by atoms with van der Waals surface area (Å²) in [5.74, 6) is 0.0655. The minimum atomic E-state index is -0.313. The van der Waals surface area contributed by atoms with Crippen molar-refractivity contribution in [2.45, 2.75) is 13.0 Å². The van der Waals surface area contributed by atoms with E-state index in [4.69, 9.17) is 0 Å². The standard InChI is InChI=1S/C20H22FN5O2/c21-17-4-2-15(3-5-17)13-26-14-16(12-18(26)27)19(28)24-8-10-25(11-9-24)20-22-6-1-7-23-20/h1-7,16H,8-14H2. The van der Waals surface area contributed by atoms with Gasteiger partial charge in [-0.2, -0.15) is 0 Å². The van der Waals surface area contributed by atoms with E-state index in [0.717, 1.165) is 5.56 Å². The van der Waals surface area contributed by atoms with Crippen LogP contribution in [0.25, 0.3) is 0 Å². The van der Waals surface area contributed by atoms with Gasteiger partial charge in [-0.1, -0.05) is 12.1 Å². The first-order valence-electron chi connectivity index (χ1n) is 9.43. The van der Waals surface area contributed by atoms with E-state index in [1.807, 2.05) is 4.90 Å². The maximum Gasteiger partial charge on any atom is 0.228 e. The normalized spacial score (nSPS) is 20.0. The van der Waals surface area contributed by atoms with Gasteiger partial charge in [-0.15, -0.1) is 0 Å². The lowest BCUT2D eigenvalue weighted by atomic mass is 10.1. The summed E-state index contributed by atoms with van der Waals surface area (Å²) < 4.78 is 13.0. The van der Waals surface area contributed by atoms with Crippen molar-refractivity contribution in [1.82, 2.24) is 19.8 Å². The maximum atomic E-state index is 13.0. The molecule has 4 rings (SSSR count). The highest BCUT2D eigenvalue weighted by Crippen LogP contribution is 2.23. The van der Waals surface area contributed by atoms with Crippen LogP contribution in [0.5, 0.6) is 0 Å². The minimum absolute atomic E-state index is 0.0287. The van der Waals surface area contributed by atoms with E-state index < -0.39 is 0 Å². The average molecular weight is 383 g/mol. The number of rotatable bonds is 4. The second kappa shape index (κ2) is 7.92. The first-order valence-corrected chi connectivity index (χ1v) is 9.43. The van der Waals surface area contributed by atoms with Crippen LogP contribution in [0.4, 0.5) is 10.3 Å². The largest absolute Gasteiger partial charge is 0.339 e. The summed E-state index contributed by atoms with van der Waals surface area (Å²) in [5.41, 5.74) is 0.860. The molecule has 2 amide bonds. The first-order chi connectivity index (χ1) is 13.6. The van der Waals surface area contributed by atoms with E-state index in [1.165, 1.54) is 12.1 Å². The van der Waals surface area contributed by atoms with E-state index in [1.54, 1.807) is 35.5 Å². The molecule has 7 nitrogen and oxygen atoms in total. The van der Waals surface area contributed by atoms with Gasteiger partial charge in [-0.05, 0) is 23.8 Å². The van der Waals surface area contributed by atoms with Crippen LogP contribution in [0, 0.1) is 11.7 Å². The summed E-state index contributed by atoms with van der Waals surface area (Å²) in [5, 5.41) is 0. The first kappa shape index (κ1) is 18.3. The number of benzene rings is 1. The molecule has 0 saturated carbocycles. The van der Waals surface area contributed by atoms with Crippen LogP contribution < -0.4 is 4.90 Å². The number of nitrogens with zero attached hydrogens (tertiary/aromatic N) is 5. The summed E-state index contributed by atoms with van der Waals surface area (Å²) in [6, 6.07) is 7.88. The number of likely N-dealkylation sites (tertiary alicyclic amines) is 1. The average Bonchev–Trinajstić information content (AvgIpc) is 3.10. The molecule has 2 aliphatic rings. The molecule has 28 heavy (non-hydrogen) atoms. The van der Waals surface area contributed by atoms with Crippen LogP contribution in [0.1, 0.15) is 12.0 Å². The van der Waals surface area contributed by atoms with Crippen molar-refractivity contribution in [3.05, 3.63) is 54.1 Å². The number of aromatic nitrogens is 2. The number of amides is 2. The Labute approximate surface area is 162 Å². The van der Waals surface area contributed by atoms with Gasteiger partial charge in [0, 0.05) is 58.1 Å². The Hall–Kier alpha value is -3.03. The van der Waals surface area contributed by atoms with Crippen molar-refractivity contribution < 1.29 is 14.0 Å². The fraction of sp³-hybridized carbons (Fsp3) is 0.400. The summed E-state index contributed by atoms with van der Waals surface area (Å²) >= 11 is 0. The van der Waals surface area contributed by atoms with Gasteiger partial charge in [0.1, 0.15) is 5.82 Å². The van der Waals surface area contributed by atoms with Gasteiger partial charge < -0.3 is 14.7 Å². The van der Waals surface area contributed by atoms with E-state index in [0.29, 0.717) is 45.2 Å². The number of carbonyl (C=O) groups excluding carboxylic acids is 2. The minimum Gasteiger partial charge on any atom is -0.339 e. The molecule has 1 aromatic carbocycles. The van der Waals surface area contributed by atoms with Crippen LogP contribution in [0.2, 0.25) is 0 Å². The third kappa shape index (κ3) is 3.95. The number of hydrogen-bond donors (Lipinski definition) is 0. The molecule has 1 aromatic heterocycles. The molecular weight excluding hydrogens is 361 g/mol. The third-order valence-electron chi connectivity index (χ3n) is 5.28. The molecule has 2 aliphatic heterocycles. The van der Waals surface area contributed by atoms with Gasteiger partial charge in [-0.3, -0.25) is 9.59 Å². The molecular formula is C20H22FN5O2. The summed E-state index contributed by atoms with van der Waals surface area (Å²) in [4.78, 5) is 39.3. The quantitative estimate of drug-likeness (QED) is 0.796. The molecule has 8 heteroatoms. The molecule has 0 N–H and O–H groups in total. The second-order valence-corrected chi connectivity index (χ2v) is 7.16. The highest BCUT2D eigenvalue weighted by molar-refractivity contribution is 5.89. The Balaban J connectivity index is 1.32. The number of anilines is 1. The molecule has 2 aromatic rings. The number of halogens is 1. The lowest BCUT2D eigenvalue weighted by Gasteiger charge is -2.35. The zero-order valence-corrected chi connectivity index (χ0v) is 15.5. The van der Waals surface area contributed by atoms with E-state index in [2.05, 4.69) is 14.9 Å². The monoisotopic (exact) mass is 383 g/mol. The van der Waals surface area contributed by atoms with E-state index in [-0.39, 0.29) is 30.0 Å². The van der Waals surface area contributed by atoms with Crippen molar-refractivity contribution >= 4 is 17.8 Å². The predicted octanol–water partition coefficient (Wildman–Crippen LogP) is 1.31. The lowest BCUT2D eigenvalue weighted by molar-refractivity contribution is -0.136. The van der Waals surface area contributed by atoms with Gasteiger partial charge in [0.25, 0.3) is 0 Å². The molecule has 0 spiro atoms. The summed E-state index contributed by atoms with van der Waals surface area (Å²) in [6.45, 7) is 3.37. The van der Waals surface area contributed by atoms with Gasteiger partial charge in [0.05, 0.1) is 5.92 Å². The van der Waals surface area contributed by atoms with Gasteiger partial charge in [-0.25, -0.2) is 14.4 Å². The van der Waals surface area contributed by atoms with Gasteiger partial charge in [0.15, 0.2) is 0 Å². The second-order valence-electron chi connectivity index (χ2n) is 7.16. The zero-order chi connectivity index (χ0) is 19.5. The van der Waals surface area contributed by atoms with Crippen molar-refractivity contribution in [3.63, 3.8) is 0 Å². The van der Waals surface area contributed by atoms with Crippen LogP contribution in [0.15, 0.2) is 42.7 Å². The molecule has 146 valence electrons. The number of hydrogen-bond acceptors (Lipinski definition) is 5. The highest BCUT2D eigenvalue weighted by Gasteiger charge is 2.37. The summed E-state index contributed by atoms with van der Waals surface area (Å²) in [6.07, 6.45) is 3.65. The molecule has 0 radical (unpaired) electrons. The Morgan fingerprint density at radius 1 is 1.07 bits per heavy atom. The zero-order valence-electron chi connectivity index (χ0n) is 15.5. The summed E-state index contributed by atoms with van der Waals surface area (Å²) in [7, 11) is 0. The fourth-order valence-electron chi connectivity index (χ4n) is 3.74. The Kier molecular flexibility index (Phi) is 5.18. The van der Waals surface area contributed by atoms with Gasteiger partial charge in [0.2, 0.25) is 17.8 Å². The van der Waals surface area contributed by atoms with E-state index in [9.17, 15) is 14.0 Å².